The highest BCUT2D eigenvalue weighted by Crippen LogP contribution is 2.24. The number of alkyl halides is 2. The van der Waals surface area contributed by atoms with Crippen LogP contribution in [0.2, 0.25) is 5.02 Å². The van der Waals surface area contributed by atoms with Gasteiger partial charge in [-0.25, -0.2) is 18.4 Å². The summed E-state index contributed by atoms with van der Waals surface area (Å²) >= 11 is 6.13. The summed E-state index contributed by atoms with van der Waals surface area (Å²) in [4.78, 5) is 20.6. The molecule has 1 fully saturated rings. The van der Waals surface area contributed by atoms with Crippen LogP contribution >= 0.6 is 11.6 Å². The summed E-state index contributed by atoms with van der Waals surface area (Å²) in [5.74, 6) is 1.17. The number of nitrogens with zero attached hydrogens (tertiary/aromatic N) is 5. The van der Waals surface area contributed by atoms with E-state index < -0.39 is 18.5 Å². The number of hydrogen-bond acceptors (Lipinski definition) is 6. The van der Waals surface area contributed by atoms with E-state index in [1.807, 2.05) is 4.90 Å². The van der Waals surface area contributed by atoms with E-state index in [4.69, 9.17) is 16.0 Å². The van der Waals surface area contributed by atoms with Crippen molar-refractivity contribution in [3.8, 4) is 0 Å². The Morgan fingerprint density at radius 1 is 1.26 bits per heavy atom. The molecule has 3 rings (SSSR count). The van der Waals surface area contributed by atoms with Crippen LogP contribution < -0.4 is 10.5 Å². The second-order valence-electron chi connectivity index (χ2n) is 6.80. The minimum Gasteiger partial charge on any atom is -0.448 e. The average Bonchev–Trinajstić information content (AvgIpc) is 3.08. The molecule has 0 unspecified atom stereocenters. The van der Waals surface area contributed by atoms with Gasteiger partial charge in [0.05, 0.1) is 17.6 Å². The summed E-state index contributed by atoms with van der Waals surface area (Å²) in [6.45, 7) is 6.85. The van der Waals surface area contributed by atoms with Gasteiger partial charge in [0.2, 0.25) is 0 Å². The van der Waals surface area contributed by atoms with Crippen LogP contribution in [0.3, 0.4) is 0 Å². The third-order valence-corrected chi connectivity index (χ3v) is 4.92. The molecule has 1 aliphatic heterocycles. The highest BCUT2D eigenvalue weighted by Gasteiger charge is 2.23. The Kier molecular flexibility index (Phi) is 6.11. The third-order valence-electron chi connectivity index (χ3n) is 4.56. The van der Waals surface area contributed by atoms with Crippen LogP contribution in [-0.2, 0) is 13.1 Å². The number of anilines is 1. The molecular formula is C17H22ClF2N5O2. The Labute approximate surface area is 160 Å². The van der Waals surface area contributed by atoms with Crippen LogP contribution in [0.15, 0.2) is 21.8 Å². The molecule has 3 heterocycles. The van der Waals surface area contributed by atoms with Crippen molar-refractivity contribution in [2.24, 2.45) is 0 Å². The molecule has 0 bridgehead atoms. The Morgan fingerprint density at radius 2 is 1.96 bits per heavy atom. The molecule has 1 saturated heterocycles. The monoisotopic (exact) mass is 401 g/mol. The number of rotatable bonds is 6. The summed E-state index contributed by atoms with van der Waals surface area (Å²) in [6, 6.07) is 0. The van der Waals surface area contributed by atoms with Crippen molar-refractivity contribution in [1.82, 2.24) is 19.7 Å². The molecule has 0 aromatic carbocycles. The van der Waals surface area contributed by atoms with Gasteiger partial charge in [-0.05, 0) is 0 Å². The van der Waals surface area contributed by atoms with Gasteiger partial charge in [0.1, 0.15) is 17.3 Å². The van der Waals surface area contributed by atoms with Crippen molar-refractivity contribution in [3.63, 3.8) is 0 Å². The Bertz CT molecular complexity index is 831. The number of piperazine rings is 1. The van der Waals surface area contributed by atoms with Crippen molar-refractivity contribution in [2.45, 2.75) is 39.3 Å². The molecule has 27 heavy (non-hydrogen) atoms. The predicted octanol–water partition coefficient (Wildman–Crippen LogP) is 2.60. The minimum atomic E-state index is -2.66. The zero-order chi connectivity index (χ0) is 19.6. The first-order valence-electron chi connectivity index (χ1n) is 8.80. The second kappa shape index (κ2) is 8.35. The quantitative estimate of drug-likeness (QED) is 0.741. The largest absolute Gasteiger partial charge is 0.448 e. The minimum absolute atomic E-state index is 0.0716. The van der Waals surface area contributed by atoms with Crippen LogP contribution in [0.5, 0.6) is 0 Å². The van der Waals surface area contributed by atoms with Gasteiger partial charge in [0.15, 0.2) is 6.39 Å². The Balaban J connectivity index is 1.65. The molecule has 0 spiro atoms. The summed E-state index contributed by atoms with van der Waals surface area (Å²) < 4.78 is 31.1. The van der Waals surface area contributed by atoms with E-state index in [1.54, 1.807) is 0 Å². The topological polar surface area (TPSA) is 67.4 Å². The molecular weight excluding hydrogens is 380 g/mol. The van der Waals surface area contributed by atoms with E-state index in [0.717, 1.165) is 24.5 Å². The number of hydrogen-bond donors (Lipinski definition) is 0. The van der Waals surface area contributed by atoms with Crippen molar-refractivity contribution in [3.05, 3.63) is 39.4 Å². The molecule has 2 aromatic rings. The lowest BCUT2D eigenvalue weighted by molar-refractivity contribution is 0.119. The molecule has 0 amide bonds. The highest BCUT2D eigenvalue weighted by atomic mass is 35.5. The average molecular weight is 402 g/mol. The van der Waals surface area contributed by atoms with Crippen LogP contribution in [-0.4, -0.2) is 52.3 Å². The third kappa shape index (κ3) is 4.47. The first-order valence-corrected chi connectivity index (χ1v) is 9.18. The molecule has 7 nitrogen and oxygen atoms in total. The van der Waals surface area contributed by atoms with Gasteiger partial charge >= 0.3 is 0 Å². The van der Waals surface area contributed by atoms with Crippen LogP contribution in [0.1, 0.15) is 31.2 Å². The molecule has 0 N–H and O–H groups in total. The molecule has 0 atom stereocenters. The first-order chi connectivity index (χ1) is 12.9. The van der Waals surface area contributed by atoms with Gasteiger partial charge in [0.25, 0.3) is 12.0 Å². The number of oxazole rings is 1. The van der Waals surface area contributed by atoms with Gasteiger partial charge in [0, 0.05) is 38.6 Å². The molecule has 0 saturated carbocycles. The predicted molar refractivity (Wildman–Crippen MR) is 97.6 cm³/mol. The lowest BCUT2D eigenvalue weighted by atomic mass is 10.1. The van der Waals surface area contributed by atoms with Gasteiger partial charge in [-0.15, -0.1) is 0 Å². The van der Waals surface area contributed by atoms with E-state index in [9.17, 15) is 13.6 Å². The lowest BCUT2D eigenvalue weighted by Gasteiger charge is -2.36. The van der Waals surface area contributed by atoms with Crippen LogP contribution in [0.25, 0.3) is 0 Å². The fourth-order valence-corrected chi connectivity index (χ4v) is 3.43. The van der Waals surface area contributed by atoms with E-state index in [2.05, 4.69) is 28.8 Å². The molecule has 10 heteroatoms. The lowest BCUT2D eigenvalue weighted by Crippen LogP contribution is -2.46. The standard InChI is InChI=1S/C17H22ClF2N5O2/c1-11(2)16-12(21-10-27-16)8-23-3-5-24(6-4-23)13-7-22-25(9-14(19)20)17(26)15(13)18/h7,10-11,14H,3-6,8-9H2,1-2H3. The number of aromatic nitrogens is 3. The summed E-state index contributed by atoms with van der Waals surface area (Å²) in [5, 5.41) is 3.76. The molecule has 0 aliphatic carbocycles. The molecule has 0 radical (unpaired) electrons. The molecule has 148 valence electrons. The fourth-order valence-electron chi connectivity index (χ4n) is 3.16. The normalized spacial score (nSPS) is 15.9. The van der Waals surface area contributed by atoms with E-state index in [1.165, 1.54) is 12.6 Å². The summed E-state index contributed by atoms with van der Waals surface area (Å²) in [7, 11) is 0. The van der Waals surface area contributed by atoms with Gasteiger partial charge in [-0.2, -0.15) is 5.10 Å². The van der Waals surface area contributed by atoms with Crippen LogP contribution in [0.4, 0.5) is 14.5 Å². The molecule has 2 aromatic heterocycles. The zero-order valence-electron chi connectivity index (χ0n) is 15.2. The zero-order valence-corrected chi connectivity index (χ0v) is 16.0. The number of halogens is 3. The Morgan fingerprint density at radius 3 is 2.59 bits per heavy atom. The smallest absolute Gasteiger partial charge is 0.287 e. The second-order valence-corrected chi connectivity index (χ2v) is 7.18. The SMILES string of the molecule is CC(C)c1ocnc1CN1CCN(c2cnn(CC(F)F)c(=O)c2Cl)CC1. The van der Waals surface area contributed by atoms with Crippen molar-refractivity contribution < 1.29 is 13.2 Å². The summed E-state index contributed by atoms with van der Waals surface area (Å²) in [5.41, 5.74) is 0.727. The summed E-state index contributed by atoms with van der Waals surface area (Å²) in [6.07, 6.45) is 0.199. The maximum absolute atomic E-state index is 12.5. The maximum Gasteiger partial charge on any atom is 0.287 e. The molecule has 1 aliphatic rings. The Hall–Kier alpha value is -2.00. The van der Waals surface area contributed by atoms with Crippen molar-refractivity contribution >= 4 is 17.3 Å². The van der Waals surface area contributed by atoms with Gasteiger partial charge < -0.3 is 9.32 Å². The maximum atomic E-state index is 12.5. The highest BCUT2D eigenvalue weighted by molar-refractivity contribution is 6.33. The van der Waals surface area contributed by atoms with E-state index >= 15 is 0 Å². The fraction of sp³-hybridized carbons (Fsp3) is 0.588. The van der Waals surface area contributed by atoms with Crippen molar-refractivity contribution in [1.29, 1.82) is 0 Å². The van der Waals surface area contributed by atoms with Crippen LogP contribution in [0, 0.1) is 0 Å². The van der Waals surface area contributed by atoms with Gasteiger partial charge in [-0.3, -0.25) is 9.69 Å². The first kappa shape index (κ1) is 19.8. The van der Waals surface area contributed by atoms with Gasteiger partial charge in [-0.1, -0.05) is 25.4 Å². The van der Waals surface area contributed by atoms with E-state index in [0.29, 0.717) is 30.0 Å². The van der Waals surface area contributed by atoms with E-state index in [-0.39, 0.29) is 10.9 Å². The van der Waals surface area contributed by atoms with Crippen molar-refractivity contribution in [2.75, 3.05) is 31.1 Å².